The van der Waals surface area contributed by atoms with Crippen molar-refractivity contribution in [1.29, 1.82) is 0 Å². The summed E-state index contributed by atoms with van der Waals surface area (Å²) in [7, 11) is 0. The van der Waals surface area contributed by atoms with Crippen molar-refractivity contribution < 1.29 is 32.3 Å². The number of para-hydroxylation sites is 1. The lowest BCUT2D eigenvalue weighted by Gasteiger charge is -2.30. The van der Waals surface area contributed by atoms with Gasteiger partial charge in [0.1, 0.15) is 11.8 Å². The lowest BCUT2D eigenvalue weighted by Crippen LogP contribution is -2.53. The summed E-state index contributed by atoms with van der Waals surface area (Å²) >= 11 is 0. The van der Waals surface area contributed by atoms with E-state index in [-0.39, 0.29) is 24.5 Å². The quantitative estimate of drug-likeness (QED) is 0.589. The summed E-state index contributed by atoms with van der Waals surface area (Å²) in [5.74, 6) is 0.395. The smallest absolute Gasteiger partial charge is 0.406 e. The monoisotopic (exact) mass is 485 g/mol. The molecule has 1 aliphatic carbocycles. The summed E-state index contributed by atoms with van der Waals surface area (Å²) in [5.41, 5.74) is 6.13. The van der Waals surface area contributed by atoms with Crippen LogP contribution in [-0.2, 0) is 26.2 Å². The number of nitrogens with two attached hydrogens (primary N) is 1. The van der Waals surface area contributed by atoms with Gasteiger partial charge in [-0.3, -0.25) is 19.3 Å². The molecule has 10 heteroatoms. The number of hydrogen-bond acceptors (Lipinski definition) is 4. The molecule has 4 rings (SSSR count). The Kier molecular flexibility index (Phi) is 6.19. The first kappa shape index (κ1) is 24.1. The molecule has 7 nitrogen and oxygen atoms in total. The highest BCUT2D eigenvalue weighted by Gasteiger charge is 2.56. The minimum absolute atomic E-state index is 0.244. The number of amides is 3. The van der Waals surface area contributed by atoms with Crippen LogP contribution < -0.4 is 20.7 Å². The van der Waals surface area contributed by atoms with Crippen LogP contribution in [-0.4, -0.2) is 36.2 Å². The molecule has 0 aromatic heterocycles. The Morgan fingerprint density at radius 2 is 1.83 bits per heavy atom. The molecule has 1 unspecified atom stereocenters. The second-order valence-electron chi connectivity index (χ2n) is 8.58. The van der Waals surface area contributed by atoms with Gasteiger partial charge >= 0.3 is 6.36 Å². The fourth-order valence-electron chi connectivity index (χ4n) is 4.42. The predicted octanol–water partition coefficient (Wildman–Crippen LogP) is 2.57. The Morgan fingerprint density at radius 1 is 1.17 bits per heavy atom. The maximum Gasteiger partial charge on any atom is 0.573 e. The lowest BCUT2D eigenvalue weighted by molar-refractivity contribution is -0.274. The van der Waals surface area contributed by atoms with Crippen molar-refractivity contribution in [3.8, 4) is 18.1 Å². The normalized spacial score (nSPS) is 18.7. The Morgan fingerprint density at radius 3 is 2.40 bits per heavy atom. The van der Waals surface area contributed by atoms with Gasteiger partial charge in [-0.15, -0.1) is 19.6 Å². The van der Waals surface area contributed by atoms with E-state index < -0.39 is 35.7 Å². The molecule has 0 bridgehead atoms. The Balaban J connectivity index is 1.61. The standard InChI is InChI=1S/C25H22F3N3O4/c1-2-17(14-21(29)32)30-22(33)20-13-15-5-3-4-6-19(15)31(20)23(34)24(11-12-24)16-7-9-18(10-8-16)35-25(26,27)28/h1,3-10,17,20H,11-14H2,(H2,29,32)(H,30,33)/t17-,20?/m1/s1. The number of ether oxygens (including phenoxy) is 1. The second-order valence-corrected chi connectivity index (χ2v) is 8.58. The summed E-state index contributed by atoms with van der Waals surface area (Å²) < 4.78 is 41.4. The summed E-state index contributed by atoms with van der Waals surface area (Å²) in [4.78, 5) is 39.7. The number of halogens is 3. The van der Waals surface area contributed by atoms with Gasteiger partial charge in [-0.25, -0.2) is 0 Å². The van der Waals surface area contributed by atoms with Gasteiger partial charge in [-0.05, 0) is 42.2 Å². The number of nitrogens with zero attached hydrogens (tertiary/aromatic N) is 1. The third kappa shape index (κ3) is 4.94. The average molecular weight is 485 g/mol. The third-order valence-corrected chi connectivity index (χ3v) is 6.22. The van der Waals surface area contributed by atoms with E-state index in [0.29, 0.717) is 24.1 Å². The minimum atomic E-state index is -4.82. The number of carbonyl (C=O) groups excluding carboxylic acids is 3. The van der Waals surface area contributed by atoms with Gasteiger partial charge in [-0.2, -0.15) is 0 Å². The Labute approximate surface area is 199 Å². The SMILES string of the molecule is C#C[C@H](CC(N)=O)NC(=O)C1Cc2ccccc2N1C(=O)C1(c2ccc(OC(F)(F)F)cc2)CC1. The van der Waals surface area contributed by atoms with Gasteiger partial charge in [-0.1, -0.05) is 36.3 Å². The molecule has 2 aliphatic rings. The molecule has 3 amide bonds. The maximum absolute atomic E-state index is 13.9. The second kappa shape index (κ2) is 8.98. The number of terminal acetylenes is 1. The zero-order valence-electron chi connectivity index (χ0n) is 18.5. The molecule has 1 heterocycles. The molecule has 0 spiro atoms. The number of fused-ring (bicyclic) bond motifs is 1. The zero-order valence-corrected chi connectivity index (χ0v) is 18.5. The molecular formula is C25H22F3N3O4. The summed E-state index contributed by atoms with van der Waals surface area (Å²) in [5, 5.41) is 2.61. The number of alkyl halides is 3. The van der Waals surface area contributed by atoms with E-state index in [1.54, 1.807) is 18.2 Å². The molecule has 1 saturated carbocycles. The summed E-state index contributed by atoms with van der Waals surface area (Å²) in [6.45, 7) is 0. The topological polar surface area (TPSA) is 102 Å². The molecule has 2 atom stereocenters. The average Bonchev–Trinajstić information content (AvgIpc) is 3.51. The number of hydrogen-bond donors (Lipinski definition) is 2. The highest BCUT2D eigenvalue weighted by molar-refractivity contribution is 6.09. The Hall–Kier alpha value is -4.00. The predicted molar refractivity (Wildman–Crippen MR) is 120 cm³/mol. The van der Waals surface area contributed by atoms with Gasteiger partial charge in [0.15, 0.2) is 0 Å². The first-order valence-electron chi connectivity index (χ1n) is 10.9. The first-order chi connectivity index (χ1) is 16.5. The van der Waals surface area contributed by atoms with E-state index >= 15 is 0 Å². The van der Waals surface area contributed by atoms with Crippen LogP contribution in [0.15, 0.2) is 48.5 Å². The van der Waals surface area contributed by atoms with Crippen molar-refractivity contribution in [2.45, 2.75) is 49.5 Å². The largest absolute Gasteiger partial charge is 0.573 e. The van der Waals surface area contributed by atoms with E-state index in [1.807, 2.05) is 6.07 Å². The highest BCUT2D eigenvalue weighted by atomic mass is 19.4. The van der Waals surface area contributed by atoms with Crippen LogP contribution in [0.2, 0.25) is 0 Å². The number of carbonyl (C=O) groups is 3. The number of anilines is 1. The number of nitrogens with one attached hydrogen (secondary N) is 1. The first-order valence-corrected chi connectivity index (χ1v) is 10.9. The van der Waals surface area contributed by atoms with Crippen molar-refractivity contribution in [3.05, 3.63) is 59.7 Å². The van der Waals surface area contributed by atoms with E-state index in [9.17, 15) is 27.6 Å². The van der Waals surface area contributed by atoms with Crippen LogP contribution in [0, 0.1) is 12.3 Å². The maximum atomic E-state index is 13.9. The molecule has 3 N–H and O–H groups in total. The molecule has 2 aromatic carbocycles. The molecule has 182 valence electrons. The summed E-state index contributed by atoms with van der Waals surface area (Å²) in [6, 6.07) is 10.5. The molecule has 0 radical (unpaired) electrons. The van der Waals surface area contributed by atoms with Gasteiger partial charge in [0.2, 0.25) is 17.7 Å². The van der Waals surface area contributed by atoms with Crippen molar-refractivity contribution in [1.82, 2.24) is 5.32 Å². The number of benzene rings is 2. The number of primary amides is 1. The molecule has 1 aliphatic heterocycles. The van der Waals surface area contributed by atoms with Crippen molar-refractivity contribution in [2.75, 3.05) is 4.90 Å². The number of rotatable bonds is 7. The van der Waals surface area contributed by atoms with E-state index in [0.717, 1.165) is 5.56 Å². The molecular weight excluding hydrogens is 463 g/mol. The molecule has 1 fully saturated rings. The van der Waals surface area contributed by atoms with Gasteiger partial charge in [0.25, 0.3) is 0 Å². The zero-order chi connectivity index (χ0) is 25.4. The Bertz CT molecular complexity index is 1200. The third-order valence-electron chi connectivity index (χ3n) is 6.22. The van der Waals surface area contributed by atoms with Crippen molar-refractivity contribution in [2.24, 2.45) is 5.73 Å². The van der Waals surface area contributed by atoms with Crippen LogP contribution in [0.3, 0.4) is 0 Å². The van der Waals surface area contributed by atoms with E-state index in [4.69, 9.17) is 12.2 Å². The van der Waals surface area contributed by atoms with Crippen LogP contribution in [0.1, 0.15) is 30.4 Å². The fraction of sp³-hybridized carbons (Fsp3) is 0.320. The molecule has 35 heavy (non-hydrogen) atoms. The van der Waals surface area contributed by atoms with Gasteiger partial charge in [0.05, 0.1) is 17.9 Å². The van der Waals surface area contributed by atoms with Crippen LogP contribution >= 0.6 is 0 Å². The molecule has 2 aromatic rings. The van der Waals surface area contributed by atoms with Crippen LogP contribution in [0.25, 0.3) is 0 Å². The van der Waals surface area contributed by atoms with Crippen molar-refractivity contribution in [3.63, 3.8) is 0 Å². The molecule has 0 saturated heterocycles. The van der Waals surface area contributed by atoms with Crippen LogP contribution in [0.4, 0.5) is 18.9 Å². The van der Waals surface area contributed by atoms with E-state index in [1.165, 1.54) is 29.2 Å². The fourth-order valence-corrected chi connectivity index (χ4v) is 4.42. The van der Waals surface area contributed by atoms with Gasteiger partial charge < -0.3 is 15.8 Å². The summed E-state index contributed by atoms with van der Waals surface area (Å²) in [6.07, 6.45) is 1.56. The van der Waals surface area contributed by atoms with Crippen molar-refractivity contribution >= 4 is 23.4 Å². The minimum Gasteiger partial charge on any atom is -0.406 e. The highest BCUT2D eigenvalue weighted by Crippen LogP contribution is 2.52. The lowest BCUT2D eigenvalue weighted by atomic mass is 9.93. The van der Waals surface area contributed by atoms with Crippen LogP contribution in [0.5, 0.6) is 5.75 Å². The van der Waals surface area contributed by atoms with E-state index in [2.05, 4.69) is 16.0 Å². The van der Waals surface area contributed by atoms with Gasteiger partial charge in [0, 0.05) is 12.1 Å².